The zero-order chi connectivity index (χ0) is 21.5. The zero-order valence-corrected chi connectivity index (χ0v) is 17.2. The molecular weight excluding hydrogens is 397 g/mol. The molecule has 0 fully saturated rings. The molecular formula is C23H20FN5O2. The molecule has 1 amide bonds. The third kappa shape index (κ3) is 3.61. The molecule has 1 aliphatic rings. The van der Waals surface area contributed by atoms with Crippen LogP contribution in [0.2, 0.25) is 0 Å². The second kappa shape index (κ2) is 7.46. The number of oxazole rings is 1. The average Bonchev–Trinajstić information content (AvgIpc) is 3.43. The van der Waals surface area contributed by atoms with Crippen molar-refractivity contribution >= 4 is 5.91 Å². The van der Waals surface area contributed by atoms with Crippen molar-refractivity contribution in [2.75, 3.05) is 0 Å². The van der Waals surface area contributed by atoms with Gasteiger partial charge in [-0.15, -0.1) is 0 Å². The normalized spacial score (nSPS) is 12.9. The number of fused-ring (bicyclic) bond motifs is 1. The molecule has 0 saturated heterocycles. The highest BCUT2D eigenvalue weighted by Crippen LogP contribution is 2.27. The van der Waals surface area contributed by atoms with Gasteiger partial charge in [0.15, 0.2) is 5.89 Å². The Labute approximate surface area is 178 Å². The van der Waals surface area contributed by atoms with Crippen LogP contribution in [0.3, 0.4) is 0 Å². The zero-order valence-electron chi connectivity index (χ0n) is 17.2. The smallest absolute Gasteiger partial charge is 0.245 e. The molecule has 0 spiro atoms. The lowest BCUT2D eigenvalue weighted by Gasteiger charge is -2.16. The van der Waals surface area contributed by atoms with E-state index < -0.39 is 0 Å². The van der Waals surface area contributed by atoms with Crippen molar-refractivity contribution in [3.8, 4) is 22.6 Å². The number of hydrogen-bond donors (Lipinski definition) is 0. The third-order valence-electron chi connectivity index (χ3n) is 5.36. The fourth-order valence-electron chi connectivity index (χ4n) is 3.76. The highest BCUT2D eigenvalue weighted by atomic mass is 19.1. The maximum absolute atomic E-state index is 13.7. The number of nitrogens with zero attached hydrogens (tertiary/aromatic N) is 5. The van der Waals surface area contributed by atoms with Crippen molar-refractivity contribution in [1.82, 2.24) is 24.6 Å². The van der Waals surface area contributed by atoms with Crippen molar-refractivity contribution in [2.24, 2.45) is 0 Å². The Morgan fingerprint density at radius 2 is 1.94 bits per heavy atom. The first kappa shape index (κ1) is 19.2. The van der Waals surface area contributed by atoms with Gasteiger partial charge in [-0.2, -0.15) is 5.10 Å². The quantitative estimate of drug-likeness (QED) is 0.503. The van der Waals surface area contributed by atoms with Gasteiger partial charge in [-0.05, 0) is 30.2 Å². The van der Waals surface area contributed by atoms with E-state index in [0.29, 0.717) is 35.9 Å². The highest BCUT2D eigenvalue weighted by molar-refractivity contribution is 5.78. The van der Waals surface area contributed by atoms with Gasteiger partial charge in [-0.25, -0.2) is 9.37 Å². The number of amides is 1. The molecule has 0 atom stereocenters. The number of benzene rings is 1. The molecule has 1 aromatic carbocycles. The predicted octanol–water partition coefficient (Wildman–Crippen LogP) is 3.90. The summed E-state index contributed by atoms with van der Waals surface area (Å²) in [7, 11) is 0. The second-order valence-electron chi connectivity index (χ2n) is 7.61. The summed E-state index contributed by atoms with van der Waals surface area (Å²) in [5.74, 6) is 0.904. The van der Waals surface area contributed by atoms with E-state index in [9.17, 15) is 9.18 Å². The van der Waals surface area contributed by atoms with Crippen LogP contribution >= 0.6 is 0 Å². The van der Waals surface area contributed by atoms with E-state index in [1.54, 1.807) is 29.5 Å². The molecule has 31 heavy (non-hydrogen) atoms. The minimum atomic E-state index is -0.365. The van der Waals surface area contributed by atoms with E-state index >= 15 is 0 Å². The van der Waals surface area contributed by atoms with E-state index in [0.717, 1.165) is 22.7 Å². The Morgan fingerprint density at radius 3 is 2.68 bits per heavy atom. The lowest BCUT2D eigenvalue weighted by atomic mass is 10.1. The molecule has 0 unspecified atom stereocenters. The predicted molar refractivity (Wildman–Crippen MR) is 111 cm³/mol. The molecule has 8 heteroatoms. The van der Waals surface area contributed by atoms with E-state index in [2.05, 4.69) is 15.1 Å². The monoisotopic (exact) mass is 417 g/mol. The van der Waals surface area contributed by atoms with E-state index in [-0.39, 0.29) is 18.3 Å². The Balaban J connectivity index is 1.46. The van der Waals surface area contributed by atoms with Gasteiger partial charge in [0.05, 0.1) is 30.7 Å². The van der Waals surface area contributed by atoms with Crippen LogP contribution in [0.5, 0.6) is 0 Å². The van der Waals surface area contributed by atoms with Crippen LogP contribution in [0.4, 0.5) is 4.39 Å². The molecule has 7 nitrogen and oxygen atoms in total. The summed E-state index contributed by atoms with van der Waals surface area (Å²) < 4.78 is 20.9. The van der Waals surface area contributed by atoms with E-state index in [4.69, 9.17) is 4.42 Å². The number of rotatable bonds is 4. The van der Waals surface area contributed by atoms with Crippen LogP contribution < -0.4 is 0 Å². The number of carbonyl (C=O) groups is 1. The van der Waals surface area contributed by atoms with Gasteiger partial charge in [0, 0.05) is 6.92 Å². The molecule has 0 radical (unpaired) electrons. The van der Waals surface area contributed by atoms with E-state index in [1.807, 2.05) is 36.4 Å². The van der Waals surface area contributed by atoms with Crippen molar-refractivity contribution in [3.63, 3.8) is 0 Å². The van der Waals surface area contributed by atoms with Gasteiger partial charge >= 0.3 is 0 Å². The maximum Gasteiger partial charge on any atom is 0.245 e. The topological polar surface area (TPSA) is 77.0 Å². The number of carbonyl (C=O) groups excluding carboxylic acids is 1. The number of pyridine rings is 1. The van der Waals surface area contributed by atoms with Gasteiger partial charge in [-0.1, -0.05) is 30.3 Å². The molecule has 0 bridgehead atoms. The van der Waals surface area contributed by atoms with Crippen LogP contribution in [0.25, 0.3) is 22.6 Å². The molecule has 156 valence electrons. The summed E-state index contributed by atoms with van der Waals surface area (Å²) in [5, 5.41) is 4.64. The second-order valence-corrected chi connectivity index (χ2v) is 7.61. The van der Waals surface area contributed by atoms with Gasteiger partial charge in [-0.3, -0.25) is 14.5 Å². The van der Waals surface area contributed by atoms with Crippen molar-refractivity contribution in [3.05, 3.63) is 77.4 Å². The van der Waals surface area contributed by atoms with Crippen LogP contribution in [0, 0.1) is 19.7 Å². The molecule has 1 aliphatic heterocycles. The molecule has 5 rings (SSSR count). The average molecular weight is 417 g/mol. The Kier molecular flexibility index (Phi) is 4.62. The molecule has 0 N–H and O–H groups in total. The summed E-state index contributed by atoms with van der Waals surface area (Å²) in [4.78, 5) is 23.2. The fourth-order valence-corrected chi connectivity index (χ4v) is 3.76. The van der Waals surface area contributed by atoms with Gasteiger partial charge in [0.2, 0.25) is 5.91 Å². The van der Waals surface area contributed by atoms with Crippen molar-refractivity contribution in [1.29, 1.82) is 0 Å². The summed E-state index contributed by atoms with van der Waals surface area (Å²) in [6.07, 6.45) is 1.19. The fraction of sp³-hybridized carbons (Fsp3) is 0.217. The van der Waals surface area contributed by atoms with Gasteiger partial charge < -0.3 is 9.32 Å². The first-order valence-electron chi connectivity index (χ1n) is 9.96. The first-order valence-corrected chi connectivity index (χ1v) is 9.96. The van der Waals surface area contributed by atoms with Crippen molar-refractivity contribution in [2.45, 2.75) is 33.5 Å². The number of hydrogen-bond acceptors (Lipinski definition) is 5. The van der Waals surface area contributed by atoms with Crippen LogP contribution in [0.1, 0.15) is 22.9 Å². The summed E-state index contributed by atoms with van der Waals surface area (Å²) in [5.41, 5.74) is 4.16. The maximum atomic E-state index is 13.7. The van der Waals surface area contributed by atoms with E-state index in [1.165, 1.54) is 6.20 Å². The number of aromatic nitrogens is 4. The summed E-state index contributed by atoms with van der Waals surface area (Å²) >= 11 is 0. The first-order chi connectivity index (χ1) is 15.0. The SMILES string of the molecule is Cc1nc2c(o1)CN(C(=O)Cn1nc(-c3cc(C)c(F)cn3)cc1-c1ccccc1)C2. The lowest BCUT2D eigenvalue weighted by molar-refractivity contribution is -0.132. The Morgan fingerprint density at radius 1 is 1.13 bits per heavy atom. The summed E-state index contributed by atoms with van der Waals surface area (Å²) in [6.45, 7) is 4.38. The third-order valence-corrected chi connectivity index (χ3v) is 5.36. The minimum Gasteiger partial charge on any atom is -0.444 e. The summed E-state index contributed by atoms with van der Waals surface area (Å²) in [6, 6.07) is 13.3. The molecule has 0 saturated carbocycles. The standard InChI is InChI=1S/C23H20FN5O2/c1-14-8-18(25-10-17(14)24)19-9-21(16-6-4-3-5-7-16)29(27-19)13-23(30)28-11-20-22(12-28)31-15(2)26-20/h3-10H,11-13H2,1-2H3. The molecule has 4 heterocycles. The molecule has 4 aromatic rings. The van der Waals surface area contributed by atoms with Crippen LogP contribution in [-0.4, -0.2) is 30.6 Å². The number of aryl methyl sites for hydroxylation is 2. The largest absolute Gasteiger partial charge is 0.444 e. The van der Waals surface area contributed by atoms with Crippen LogP contribution in [-0.2, 0) is 24.4 Å². The number of halogens is 1. The molecule has 3 aromatic heterocycles. The Hall–Kier alpha value is -3.81. The van der Waals surface area contributed by atoms with Crippen molar-refractivity contribution < 1.29 is 13.6 Å². The van der Waals surface area contributed by atoms with Gasteiger partial charge in [0.1, 0.15) is 29.5 Å². The molecule has 0 aliphatic carbocycles. The lowest BCUT2D eigenvalue weighted by Crippen LogP contribution is -2.30. The Bertz CT molecular complexity index is 1260. The highest BCUT2D eigenvalue weighted by Gasteiger charge is 2.29. The van der Waals surface area contributed by atoms with Gasteiger partial charge in [0.25, 0.3) is 0 Å². The van der Waals surface area contributed by atoms with Crippen LogP contribution in [0.15, 0.2) is 53.1 Å². The minimum absolute atomic E-state index is 0.0632.